The third kappa shape index (κ3) is 12.4. The molecule has 8 aromatic heterocycles. The molecule has 5 aliphatic heterocycles. The molecule has 10 aliphatic rings. The molecule has 6 fully saturated rings. The van der Waals surface area contributed by atoms with Crippen molar-refractivity contribution in [2.45, 2.75) is 133 Å². The van der Waals surface area contributed by atoms with Crippen molar-refractivity contribution in [3.8, 4) is 0 Å². The number of Topliss-reactive ketones (excluding diaryl/α,β-unsaturated/α-hetero) is 2. The van der Waals surface area contributed by atoms with Gasteiger partial charge in [-0.25, -0.2) is 39.9 Å². The minimum absolute atomic E-state index is 0.110. The second-order valence-corrected chi connectivity index (χ2v) is 28.4. The Balaban J connectivity index is 0.000000112. The summed E-state index contributed by atoms with van der Waals surface area (Å²) in [6.07, 6.45) is 35.2. The lowest BCUT2D eigenvalue weighted by molar-refractivity contribution is 0.0807. The highest BCUT2D eigenvalue weighted by Gasteiger charge is 2.46. The fraction of sp³-hybridized carbons (Fsp3) is 0.493. The Hall–Kier alpha value is -8.42. The van der Waals surface area contributed by atoms with E-state index >= 15 is 0 Å². The SMILES string of the molecule is C1=NC2=C(c3nc(Nc4ccc(N5CCNCC5)cn4)ncc3C2)C2(C1)CCCCC2.O=C1CCC2(CCCCC2)c2c1sc1cnc(Nc3ccc(N4CCNCC4)cn3)nc21.O=C1CNC2(CCCCC2)n2c1cc1cnc(Nc3ccc(N4CCNCC4)cn3)nc12. The van der Waals surface area contributed by atoms with Gasteiger partial charge in [0.2, 0.25) is 17.8 Å². The van der Waals surface area contributed by atoms with Gasteiger partial charge in [-0.2, -0.15) is 4.98 Å². The summed E-state index contributed by atoms with van der Waals surface area (Å²) in [7, 11) is 0. The van der Waals surface area contributed by atoms with Gasteiger partial charge >= 0.3 is 0 Å². The van der Waals surface area contributed by atoms with Gasteiger partial charge in [-0.1, -0.05) is 44.9 Å². The molecule has 3 saturated heterocycles. The molecule has 0 radical (unpaired) electrons. The first-order valence-corrected chi connectivity index (χ1v) is 35.8. The molecule has 5 aliphatic carbocycles. The number of ketones is 2. The number of nitrogens with one attached hydrogen (secondary N) is 7. The van der Waals surface area contributed by atoms with E-state index in [1.165, 1.54) is 93.0 Å². The van der Waals surface area contributed by atoms with Crippen molar-refractivity contribution < 1.29 is 9.59 Å². The maximum absolute atomic E-state index is 12.7. The number of anilines is 9. The Morgan fingerprint density at radius 1 is 0.516 bits per heavy atom. The Bertz CT molecular complexity index is 3980. The summed E-state index contributed by atoms with van der Waals surface area (Å²) in [6.45, 7) is 12.4. The zero-order valence-corrected chi connectivity index (χ0v) is 55.0. The van der Waals surface area contributed by atoms with Crippen LogP contribution in [0.4, 0.5) is 52.4 Å². The summed E-state index contributed by atoms with van der Waals surface area (Å²) in [6, 6.07) is 14.2. The molecule has 3 saturated carbocycles. The number of aliphatic imine (C=N–C) groups is 1. The molecule has 95 heavy (non-hydrogen) atoms. The fourth-order valence-corrected chi connectivity index (χ4v) is 17.9. The number of pyridine rings is 3. The predicted molar refractivity (Wildman–Crippen MR) is 376 cm³/mol. The van der Waals surface area contributed by atoms with Gasteiger partial charge in [0.05, 0.1) is 86.2 Å². The van der Waals surface area contributed by atoms with E-state index in [2.05, 4.69) is 111 Å². The number of carbonyl (C=O) groups is 2. The first-order chi connectivity index (χ1) is 46.7. The Labute approximate surface area is 557 Å². The van der Waals surface area contributed by atoms with Crippen molar-refractivity contribution in [2.24, 2.45) is 10.4 Å². The van der Waals surface area contributed by atoms with E-state index in [-0.39, 0.29) is 28.1 Å². The lowest BCUT2D eigenvalue weighted by Gasteiger charge is -2.43. The number of hydrogen-bond acceptors (Lipinski definition) is 23. The number of allylic oxidation sites excluding steroid dienone is 2. The minimum Gasteiger partial charge on any atom is -0.368 e. The van der Waals surface area contributed by atoms with Crippen LogP contribution in [-0.2, 0) is 17.5 Å². The van der Waals surface area contributed by atoms with E-state index in [0.717, 1.165) is 190 Å². The molecule has 24 heteroatoms. The lowest BCUT2D eigenvalue weighted by Crippen LogP contribution is -2.55. The fourth-order valence-electron chi connectivity index (χ4n) is 16.7. The summed E-state index contributed by atoms with van der Waals surface area (Å²) < 4.78 is 3.16. The molecule has 0 aromatic carbocycles. The smallest absolute Gasteiger partial charge is 0.230 e. The second kappa shape index (κ2) is 26.6. The highest BCUT2D eigenvalue weighted by atomic mass is 32.1. The average Bonchev–Trinajstić information content (AvgIpc) is 1.60. The summed E-state index contributed by atoms with van der Waals surface area (Å²) in [4.78, 5) is 80.3. The van der Waals surface area contributed by atoms with E-state index in [9.17, 15) is 9.59 Å². The molecule has 18 rings (SSSR count). The first-order valence-electron chi connectivity index (χ1n) is 34.9. The van der Waals surface area contributed by atoms with Crippen LogP contribution in [0, 0.1) is 5.41 Å². The second-order valence-electron chi connectivity index (χ2n) is 27.4. The van der Waals surface area contributed by atoms with E-state index in [1.54, 1.807) is 17.5 Å². The Morgan fingerprint density at radius 3 is 1.61 bits per heavy atom. The predicted octanol–water partition coefficient (Wildman–Crippen LogP) is 10.5. The molecule has 0 amide bonds. The molecule has 13 heterocycles. The van der Waals surface area contributed by atoms with E-state index < -0.39 is 0 Å². The molecule has 7 N–H and O–H groups in total. The maximum atomic E-state index is 12.7. The van der Waals surface area contributed by atoms with Crippen molar-refractivity contribution in [2.75, 3.05) is 116 Å². The number of fused-ring (bicyclic) bond motifs is 11. The van der Waals surface area contributed by atoms with Crippen LogP contribution in [0.15, 0.2) is 90.3 Å². The van der Waals surface area contributed by atoms with Gasteiger partial charge in [0.15, 0.2) is 11.6 Å². The van der Waals surface area contributed by atoms with Crippen molar-refractivity contribution in [1.82, 2.24) is 70.7 Å². The largest absolute Gasteiger partial charge is 0.368 e. The molecule has 0 bridgehead atoms. The number of piperazine rings is 3. The number of rotatable bonds is 9. The van der Waals surface area contributed by atoms with Gasteiger partial charge < -0.3 is 51.2 Å². The first kappa shape index (κ1) is 61.5. The maximum Gasteiger partial charge on any atom is 0.230 e. The van der Waals surface area contributed by atoms with Gasteiger partial charge in [0, 0.05) is 137 Å². The average molecular weight is 1300 g/mol. The van der Waals surface area contributed by atoms with E-state index in [0.29, 0.717) is 36.6 Å². The minimum atomic E-state index is -0.224. The van der Waals surface area contributed by atoms with Crippen LogP contribution in [0.2, 0.25) is 0 Å². The molecule has 0 unspecified atom stereocenters. The van der Waals surface area contributed by atoms with Crippen molar-refractivity contribution in [3.63, 3.8) is 0 Å². The number of nitrogens with zero attached hydrogens (tertiary/aromatic N) is 14. The van der Waals surface area contributed by atoms with Crippen LogP contribution in [0.3, 0.4) is 0 Å². The third-order valence-corrected chi connectivity index (χ3v) is 22.8. The van der Waals surface area contributed by atoms with Crippen LogP contribution >= 0.6 is 11.3 Å². The summed E-state index contributed by atoms with van der Waals surface area (Å²) in [5.74, 6) is 4.26. The molecule has 0 atom stereocenters. The van der Waals surface area contributed by atoms with Crippen LogP contribution < -0.4 is 51.9 Å². The highest BCUT2D eigenvalue weighted by molar-refractivity contribution is 7.21. The molecule has 23 nitrogen and oxygen atoms in total. The van der Waals surface area contributed by atoms with Crippen LogP contribution in [-0.4, -0.2) is 152 Å². The Morgan fingerprint density at radius 2 is 1.04 bits per heavy atom. The molecule has 492 valence electrons. The van der Waals surface area contributed by atoms with Crippen molar-refractivity contribution in [1.29, 1.82) is 0 Å². The third-order valence-electron chi connectivity index (χ3n) is 21.6. The van der Waals surface area contributed by atoms with Gasteiger partial charge in [-0.3, -0.25) is 19.9 Å². The number of aromatic nitrogens is 10. The van der Waals surface area contributed by atoms with Crippen molar-refractivity contribution >= 4 is 108 Å². The van der Waals surface area contributed by atoms with Gasteiger partial charge in [-0.15, -0.1) is 11.3 Å². The zero-order chi connectivity index (χ0) is 63.8. The van der Waals surface area contributed by atoms with Gasteiger partial charge in [0.25, 0.3) is 0 Å². The lowest BCUT2D eigenvalue weighted by atomic mass is 9.64. The number of hydrogen-bond donors (Lipinski definition) is 7. The van der Waals surface area contributed by atoms with Crippen LogP contribution in [0.5, 0.6) is 0 Å². The molecular weight excluding hydrogens is 1210 g/mol. The molecule has 8 aromatic rings. The number of carbonyl (C=O) groups excluding carboxylic acids is 2. The number of thiophene rings is 1. The molecule has 3 spiro atoms. The van der Waals surface area contributed by atoms with Crippen molar-refractivity contribution in [3.05, 3.63) is 113 Å². The zero-order valence-electron chi connectivity index (χ0n) is 54.2. The highest BCUT2D eigenvalue weighted by Crippen LogP contribution is 2.56. The van der Waals surface area contributed by atoms with E-state index in [1.807, 2.05) is 55.2 Å². The monoisotopic (exact) mass is 1300 g/mol. The van der Waals surface area contributed by atoms with Gasteiger partial charge in [-0.05, 0) is 112 Å². The van der Waals surface area contributed by atoms with Crippen LogP contribution in [0.1, 0.15) is 153 Å². The van der Waals surface area contributed by atoms with Crippen LogP contribution in [0.25, 0.3) is 26.8 Å². The standard InChI is InChI=1S/C24H29N7.C24H28N6OS.C23H28N8O/c1-2-6-24(7-3-1)8-9-26-19-14-17-15-28-23(30-22(17)21(19)24)29-20-5-4-18(16-27-20)31-12-10-25-11-13-31;31-17-6-9-24(7-2-1-3-8-24)20-21-18(32-22(17)20)15-27-23(29-21)28-19-5-4-16(14-26-19)30-12-10-25-11-13-30;32-19-15-27-23(6-2-1-3-7-23)31-18(19)12-16-13-26-22(29-21(16)31)28-20-5-4-17(14-25-20)30-10-8-24-9-11-30/h4-5,9,15-16,25H,1-3,6-8,10-14H2,(H,27,28,29,30);4-5,14-15,25H,1-3,6-13H2,(H,26,27,28,29);4-5,12-14,24,27H,1-3,6-11,15H2,(H,25,26,28,29). The molecular formula is C71H85N21O2S. The normalized spacial score (nSPS) is 20.9. The summed E-state index contributed by atoms with van der Waals surface area (Å²) >= 11 is 1.58. The van der Waals surface area contributed by atoms with Gasteiger partial charge in [0.1, 0.15) is 23.1 Å². The summed E-state index contributed by atoms with van der Waals surface area (Å²) in [5.41, 5.74) is 12.2. The topological polar surface area (TPSA) is 261 Å². The Kier molecular flexibility index (Phi) is 17.2. The summed E-state index contributed by atoms with van der Waals surface area (Å²) in [5, 5.41) is 24.4. The quantitative estimate of drug-likeness (QED) is 0.0708. The van der Waals surface area contributed by atoms with E-state index in [4.69, 9.17) is 19.9 Å².